The van der Waals surface area contributed by atoms with Gasteiger partial charge in [-0.2, -0.15) is 0 Å². The van der Waals surface area contributed by atoms with Gasteiger partial charge in [0.2, 0.25) is 0 Å². The van der Waals surface area contributed by atoms with Gasteiger partial charge in [-0.25, -0.2) is 4.98 Å². The molecular formula is C14H15ClN4O. The Hall–Kier alpha value is -2.27. The average molecular weight is 291 g/mol. The predicted molar refractivity (Wildman–Crippen MR) is 82.4 cm³/mol. The molecule has 0 bridgehead atoms. The third kappa shape index (κ3) is 3.00. The highest BCUT2D eigenvalue weighted by Gasteiger charge is 2.14. The molecule has 1 amide bonds. The van der Waals surface area contributed by atoms with Crippen molar-refractivity contribution in [2.24, 2.45) is 0 Å². The Bertz CT molecular complexity index is 643. The van der Waals surface area contributed by atoms with Gasteiger partial charge in [-0.05, 0) is 30.3 Å². The largest absolute Gasteiger partial charge is 0.397 e. The number of hydrogen-bond acceptors (Lipinski definition) is 4. The molecule has 2 aromatic rings. The molecule has 3 N–H and O–H groups in total. The molecule has 1 aromatic carbocycles. The number of carbonyl (C=O) groups is 1. The third-order valence-corrected chi connectivity index (χ3v) is 2.98. The van der Waals surface area contributed by atoms with Crippen molar-refractivity contribution in [2.45, 2.75) is 0 Å². The van der Waals surface area contributed by atoms with Crippen molar-refractivity contribution >= 4 is 34.6 Å². The van der Waals surface area contributed by atoms with Crippen LogP contribution in [0.1, 0.15) is 10.5 Å². The molecule has 0 atom stereocenters. The summed E-state index contributed by atoms with van der Waals surface area (Å²) in [5.41, 5.74) is 7.72. The van der Waals surface area contributed by atoms with Crippen molar-refractivity contribution in [1.82, 2.24) is 4.98 Å². The highest BCUT2D eigenvalue weighted by molar-refractivity contribution is 6.31. The van der Waals surface area contributed by atoms with Crippen LogP contribution in [0.5, 0.6) is 0 Å². The lowest BCUT2D eigenvalue weighted by atomic mass is 10.2. The second-order valence-corrected chi connectivity index (χ2v) is 4.89. The van der Waals surface area contributed by atoms with Gasteiger partial charge < -0.3 is 16.0 Å². The van der Waals surface area contributed by atoms with E-state index in [-0.39, 0.29) is 11.6 Å². The first kappa shape index (κ1) is 14.1. The van der Waals surface area contributed by atoms with Gasteiger partial charge in [0, 0.05) is 25.3 Å². The number of nitrogens with two attached hydrogens (primary N) is 1. The van der Waals surface area contributed by atoms with Crippen molar-refractivity contribution in [3.63, 3.8) is 0 Å². The van der Waals surface area contributed by atoms with Gasteiger partial charge in [0.1, 0.15) is 0 Å². The normalized spacial score (nSPS) is 10.2. The van der Waals surface area contributed by atoms with Gasteiger partial charge in [0.05, 0.1) is 17.1 Å². The van der Waals surface area contributed by atoms with Crippen molar-refractivity contribution in [3.05, 3.63) is 47.2 Å². The van der Waals surface area contributed by atoms with Gasteiger partial charge in [0.25, 0.3) is 5.91 Å². The number of nitrogens with zero attached hydrogens (tertiary/aromatic N) is 2. The molecule has 0 saturated carbocycles. The minimum atomic E-state index is -0.367. The molecular weight excluding hydrogens is 276 g/mol. The number of nitrogens with one attached hydrogen (secondary N) is 1. The lowest BCUT2D eigenvalue weighted by Gasteiger charge is -2.18. The summed E-state index contributed by atoms with van der Waals surface area (Å²) in [6, 6.07) is 8.60. The third-order valence-electron chi connectivity index (χ3n) is 2.74. The number of aromatic nitrogens is 1. The summed E-state index contributed by atoms with van der Waals surface area (Å²) in [6.45, 7) is 0. The van der Waals surface area contributed by atoms with Crippen LogP contribution in [-0.2, 0) is 0 Å². The number of anilines is 3. The van der Waals surface area contributed by atoms with E-state index in [0.717, 1.165) is 5.69 Å². The van der Waals surface area contributed by atoms with Crippen LogP contribution in [0.15, 0.2) is 36.5 Å². The molecule has 1 heterocycles. The molecule has 104 valence electrons. The fraction of sp³-hybridized carbons (Fsp3) is 0.143. The molecule has 0 aliphatic heterocycles. The van der Waals surface area contributed by atoms with Crippen LogP contribution in [0.2, 0.25) is 5.02 Å². The minimum Gasteiger partial charge on any atom is -0.397 e. The molecule has 0 spiro atoms. The Morgan fingerprint density at radius 2 is 2.10 bits per heavy atom. The summed E-state index contributed by atoms with van der Waals surface area (Å²) in [7, 11) is 3.77. The quantitative estimate of drug-likeness (QED) is 0.911. The Morgan fingerprint density at radius 3 is 2.75 bits per heavy atom. The monoisotopic (exact) mass is 290 g/mol. The number of carbonyl (C=O) groups excluding carboxylic acids is 1. The Balaban J connectivity index is 2.33. The first-order chi connectivity index (χ1) is 9.49. The lowest BCUT2D eigenvalue weighted by Crippen LogP contribution is -2.18. The molecule has 0 aliphatic carbocycles. The van der Waals surface area contributed by atoms with Crippen molar-refractivity contribution in [2.75, 3.05) is 30.0 Å². The summed E-state index contributed by atoms with van der Waals surface area (Å²) in [4.78, 5) is 18.1. The first-order valence-corrected chi connectivity index (χ1v) is 6.35. The molecule has 20 heavy (non-hydrogen) atoms. The van der Waals surface area contributed by atoms with Crippen molar-refractivity contribution in [1.29, 1.82) is 0 Å². The summed E-state index contributed by atoms with van der Waals surface area (Å²) in [6.07, 6.45) is 1.52. The van der Waals surface area contributed by atoms with Gasteiger partial charge in [-0.15, -0.1) is 0 Å². The SMILES string of the molecule is CN(C)c1ccc(Cl)cc1NC(=O)c1ncccc1N. The summed E-state index contributed by atoms with van der Waals surface area (Å²) < 4.78 is 0. The number of rotatable bonds is 3. The summed E-state index contributed by atoms with van der Waals surface area (Å²) >= 11 is 5.97. The number of hydrogen-bond donors (Lipinski definition) is 2. The van der Waals surface area contributed by atoms with Crippen LogP contribution in [0, 0.1) is 0 Å². The van der Waals surface area contributed by atoms with E-state index in [2.05, 4.69) is 10.3 Å². The standard InChI is InChI=1S/C14H15ClN4O/c1-19(2)12-6-5-9(15)8-11(12)18-14(20)13-10(16)4-3-7-17-13/h3-8H,16H2,1-2H3,(H,18,20). The fourth-order valence-corrected chi connectivity index (χ4v) is 1.96. The van der Waals surface area contributed by atoms with Crippen LogP contribution >= 0.6 is 11.6 Å². The van der Waals surface area contributed by atoms with E-state index >= 15 is 0 Å². The number of benzene rings is 1. The maximum Gasteiger partial charge on any atom is 0.276 e. The van der Waals surface area contributed by atoms with Crippen LogP contribution < -0.4 is 16.0 Å². The summed E-state index contributed by atoms with van der Waals surface area (Å²) in [5.74, 6) is -0.367. The van der Waals surface area contributed by atoms with E-state index in [9.17, 15) is 4.79 Å². The predicted octanol–water partition coefficient (Wildman–Crippen LogP) is 2.64. The van der Waals surface area contributed by atoms with E-state index in [4.69, 9.17) is 17.3 Å². The van der Waals surface area contributed by atoms with Gasteiger partial charge >= 0.3 is 0 Å². The average Bonchev–Trinajstić information content (AvgIpc) is 2.38. The highest BCUT2D eigenvalue weighted by Crippen LogP contribution is 2.28. The van der Waals surface area contributed by atoms with E-state index in [1.807, 2.05) is 25.1 Å². The Kier molecular flexibility index (Phi) is 4.10. The molecule has 0 unspecified atom stereocenters. The second-order valence-electron chi connectivity index (χ2n) is 4.45. The highest BCUT2D eigenvalue weighted by atomic mass is 35.5. The van der Waals surface area contributed by atoms with Crippen LogP contribution in [0.3, 0.4) is 0 Å². The fourth-order valence-electron chi connectivity index (χ4n) is 1.79. The number of halogens is 1. The number of pyridine rings is 1. The molecule has 0 saturated heterocycles. The zero-order chi connectivity index (χ0) is 14.7. The Morgan fingerprint density at radius 1 is 1.35 bits per heavy atom. The molecule has 0 radical (unpaired) electrons. The first-order valence-electron chi connectivity index (χ1n) is 5.97. The van der Waals surface area contributed by atoms with Crippen LogP contribution in [-0.4, -0.2) is 25.0 Å². The van der Waals surface area contributed by atoms with Crippen LogP contribution in [0.4, 0.5) is 17.1 Å². The Labute approximate surface area is 122 Å². The molecule has 0 fully saturated rings. The zero-order valence-corrected chi connectivity index (χ0v) is 12.0. The van der Waals surface area contributed by atoms with Crippen molar-refractivity contribution in [3.8, 4) is 0 Å². The summed E-state index contributed by atoms with van der Waals surface area (Å²) in [5, 5.41) is 3.32. The van der Waals surface area contributed by atoms with E-state index < -0.39 is 0 Å². The number of nitrogen functional groups attached to an aromatic ring is 1. The number of amides is 1. The topological polar surface area (TPSA) is 71.2 Å². The molecule has 5 nitrogen and oxygen atoms in total. The minimum absolute atomic E-state index is 0.192. The zero-order valence-electron chi connectivity index (χ0n) is 11.2. The van der Waals surface area contributed by atoms with Crippen LogP contribution in [0.25, 0.3) is 0 Å². The van der Waals surface area contributed by atoms with Gasteiger partial charge in [-0.3, -0.25) is 4.79 Å². The molecule has 6 heteroatoms. The molecule has 2 rings (SSSR count). The molecule has 1 aromatic heterocycles. The smallest absolute Gasteiger partial charge is 0.276 e. The van der Waals surface area contributed by atoms with Gasteiger partial charge in [-0.1, -0.05) is 11.6 Å². The van der Waals surface area contributed by atoms with E-state index in [1.165, 1.54) is 6.20 Å². The van der Waals surface area contributed by atoms with Gasteiger partial charge in [0.15, 0.2) is 5.69 Å². The van der Waals surface area contributed by atoms with E-state index in [1.54, 1.807) is 24.3 Å². The maximum atomic E-state index is 12.2. The second kappa shape index (κ2) is 5.79. The van der Waals surface area contributed by atoms with Crippen molar-refractivity contribution < 1.29 is 4.79 Å². The molecule has 0 aliphatic rings. The van der Waals surface area contributed by atoms with E-state index in [0.29, 0.717) is 16.4 Å². The maximum absolute atomic E-state index is 12.2. The lowest BCUT2D eigenvalue weighted by molar-refractivity contribution is 0.102.